The molecule has 0 fully saturated rings. The average molecular weight is 192 g/mol. The molecule has 0 aromatic rings. The van der Waals surface area contributed by atoms with E-state index in [9.17, 15) is 4.79 Å². The molecule has 0 spiro atoms. The second-order valence-corrected chi connectivity index (χ2v) is 3.11. The van der Waals surface area contributed by atoms with Crippen molar-refractivity contribution in [3.8, 4) is 0 Å². The first kappa shape index (κ1) is 11.8. The molecule has 12 heavy (non-hydrogen) atoms. The summed E-state index contributed by atoms with van der Waals surface area (Å²) in [6.45, 7) is 5.00. The molecule has 0 aliphatic heterocycles. The van der Waals surface area contributed by atoms with Gasteiger partial charge in [0.25, 0.3) is 0 Å². The van der Waals surface area contributed by atoms with Crippen molar-refractivity contribution in [2.75, 3.05) is 25.6 Å². The summed E-state index contributed by atoms with van der Waals surface area (Å²) in [6, 6.07) is 0. The van der Waals surface area contributed by atoms with Gasteiger partial charge in [0.05, 0.1) is 19.1 Å². The van der Waals surface area contributed by atoms with Gasteiger partial charge in [0.1, 0.15) is 6.61 Å². The molecule has 0 aliphatic carbocycles. The van der Waals surface area contributed by atoms with Gasteiger partial charge in [-0.05, 0) is 0 Å². The number of hydrogen-bond donors (Lipinski definition) is 1. The van der Waals surface area contributed by atoms with Crippen LogP contribution in [0.2, 0.25) is 0 Å². The standard InChI is InChI=1S/C8H16O3S/c1-7(2)8(9)11-4-3-10-5-6-12/h7,12H,3-6H2,1-2H3. The molecule has 0 rings (SSSR count). The first-order valence-corrected chi connectivity index (χ1v) is 4.67. The summed E-state index contributed by atoms with van der Waals surface area (Å²) >= 11 is 3.96. The van der Waals surface area contributed by atoms with E-state index in [-0.39, 0.29) is 11.9 Å². The van der Waals surface area contributed by atoms with Gasteiger partial charge in [0.15, 0.2) is 0 Å². The van der Waals surface area contributed by atoms with Crippen LogP contribution < -0.4 is 0 Å². The monoisotopic (exact) mass is 192 g/mol. The molecule has 0 N–H and O–H groups in total. The van der Waals surface area contributed by atoms with E-state index in [1.165, 1.54) is 0 Å². The van der Waals surface area contributed by atoms with Crippen LogP contribution in [-0.2, 0) is 14.3 Å². The Hall–Kier alpha value is -0.220. The van der Waals surface area contributed by atoms with E-state index in [0.717, 1.165) is 0 Å². The van der Waals surface area contributed by atoms with Crippen molar-refractivity contribution in [2.45, 2.75) is 13.8 Å². The first-order valence-electron chi connectivity index (χ1n) is 4.03. The van der Waals surface area contributed by atoms with Crippen LogP contribution in [0.3, 0.4) is 0 Å². The molecule has 0 heterocycles. The molecule has 0 aliphatic rings. The van der Waals surface area contributed by atoms with E-state index >= 15 is 0 Å². The van der Waals surface area contributed by atoms with Gasteiger partial charge in [-0.3, -0.25) is 4.79 Å². The van der Waals surface area contributed by atoms with E-state index in [4.69, 9.17) is 9.47 Å². The van der Waals surface area contributed by atoms with Gasteiger partial charge in [-0.2, -0.15) is 12.6 Å². The maximum atomic E-state index is 10.9. The highest BCUT2D eigenvalue weighted by Gasteiger charge is 2.06. The molecule has 72 valence electrons. The summed E-state index contributed by atoms with van der Waals surface area (Å²) in [5.74, 6) is 0.456. The van der Waals surface area contributed by atoms with E-state index < -0.39 is 0 Å². The zero-order chi connectivity index (χ0) is 9.40. The van der Waals surface area contributed by atoms with Crippen molar-refractivity contribution in [1.29, 1.82) is 0 Å². The Labute approximate surface area is 78.8 Å². The first-order chi connectivity index (χ1) is 5.68. The Morgan fingerprint density at radius 1 is 1.33 bits per heavy atom. The Morgan fingerprint density at radius 2 is 2.00 bits per heavy atom. The highest BCUT2D eigenvalue weighted by molar-refractivity contribution is 7.80. The van der Waals surface area contributed by atoms with Crippen LogP contribution in [0.25, 0.3) is 0 Å². The van der Waals surface area contributed by atoms with E-state index in [1.54, 1.807) is 13.8 Å². The zero-order valence-corrected chi connectivity index (χ0v) is 8.47. The molecule has 0 aromatic heterocycles. The van der Waals surface area contributed by atoms with Gasteiger partial charge in [-0.25, -0.2) is 0 Å². The number of carbonyl (C=O) groups is 1. The molecule has 0 bridgehead atoms. The van der Waals surface area contributed by atoms with Crippen LogP contribution >= 0.6 is 12.6 Å². The summed E-state index contributed by atoms with van der Waals surface area (Å²) in [6.07, 6.45) is 0. The number of carbonyl (C=O) groups excluding carboxylic acids is 1. The summed E-state index contributed by atoms with van der Waals surface area (Å²) < 4.78 is 9.92. The lowest BCUT2D eigenvalue weighted by Crippen LogP contribution is -2.15. The number of thiol groups is 1. The lowest BCUT2D eigenvalue weighted by molar-refractivity contribution is -0.148. The largest absolute Gasteiger partial charge is 0.463 e. The minimum Gasteiger partial charge on any atom is -0.463 e. The topological polar surface area (TPSA) is 35.5 Å². The minimum atomic E-state index is -0.176. The van der Waals surface area contributed by atoms with Crippen molar-refractivity contribution in [2.24, 2.45) is 5.92 Å². The van der Waals surface area contributed by atoms with Gasteiger partial charge in [0, 0.05) is 5.75 Å². The molecular weight excluding hydrogens is 176 g/mol. The predicted molar refractivity (Wildman–Crippen MR) is 50.5 cm³/mol. The van der Waals surface area contributed by atoms with Gasteiger partial charge in [-0.1, -0.05) is 13.8 Å². The van der Waals surface area contributed by atoms with Crippen LogP contribution in [-0.4, -0.2) is 31.5 Å². The van der Waals surface area contributed by atoms with E-state index in [0.29, 0.717) is 25.6 Å². The number of rotatable bonds is 6. The molecule has 0 saturated heterocycles. The Morgan fingerprint density at radius 3 is 2.50 bits per heavy atom. The third kappa shape index (κ3) is 6.49. The lowest BCUT2D eigenvalue weighted by atomic mass is 10.2. The SMILES string of the molecule is CC(C)C(=O)OCCOCCS. The van der Waals surface area contributed by atoms with Crippen LogP contribution in [0.15, 0.2) is 0 Å². The molecular formula is C8H16O3S. The highest BCUT2D eigenvalue weighted by Crippen LogP contribution is 1.95. The third-order valence-corrected chi connectivity index (χ3v) is 1.36. The number of esters is 1. The number of ether oxygens (including phenoxy) is 2. The fourth-order valence-corrected chi connectivity index (χ4v) is 0.664. The normalized spacial score (nSPS) is 10.3. The fourth-order valence-electron chi connectivity index (χ4n) is 0.534. The Kier molecular flexibility index (Phi) is 7.29. The summed E-state index contributed by atoms with van der Waals surface area (Å²) in [4.78, 5) is 10.9. The summed E-state index contributed by atoms with van der Waals surface area (Å²) in [5.41, 5.74) is 0. The molecule has 4 heteroatoms. The maximum absolute atomic E-state index is 10.9. The van der Waals surface area contributed by atoms with Gasteiger partial charge in [-0.15, -0.1) is 0 Å². The third-order valence-electron chi connectivity index (χ3n) is 1.18. The van der Waals surface area contributed by atoms with Crippen molar-refractivity contribution in [3.05, 3.63) is 0 Å². The van der Waals surface area contributed by atoms with Crippen LogP contribution in [0.4, 0.5) is 0 Å². The lowest BCUT2D eigenvalue weighted by Gasteiger charge is -2.06. The smallest absolute Gasteiger partial charge is 0.308 e. The van der Waals surface area contributed by atoms with Gasteiger partial charge < -0.3 is 9.47 Å². The van der Waals surface area contributed by atoms with Crippen molar-refractivity contribution in [3.63, 3.8) is 0 Å². The highest BCUT2D eigenvalue weighted by atomic mass is 32.1. The van der Waals surface area contributed by atoms with Crippen LogP contribution in [0.5, 0.6) is 0 Å². The maximum Gasteiger partial charge on any atom is 0.308 e. The van der Waals surface area contributed by atoms with Crippen molar-refractivity contribution in [1.82, 2.24) is 0 Å². The van der Waals surface area contributed by atoms with E-state index in [2.05, 4.69) is 12.6 Å². The molecule has 0 unspecified atom stereocenters. The second-order valence-electron chi connectivity index (χ2n) is 2.66. The molecule has 3 nitrogen and oxygen atoms in total. The van der Waals surface area contributed by atoms with Crippen LogP contribution in [0.1, 0.15) is 13.8 Å². The van der Waals surface area contributed by atoms with Gasteiger partial charge >= 0.3 is 5.97 Å². The molecule has 0 radical (unpaired) electrons. The quantitative estimate of drug-likeness (QED) is 0.389. The molecule has 0 amide bonds. The summed E-state index contributed by atoms with van der Waals surface area (Å²) in [5, 5.41) is 0. The van der Waals surface area contributed by atoms with Crippen LogP contribution in [0, 0.1) is 5.92 Å². The van der Waals surface area contributed by atoms with Crippen molar-refractivity contribution < 1.29 is 14.3 Å². The fraction of sp³-hybridized carbons (Fsp3) is 0.875. The Balaban J connectivity index is 3.14. The minimum absolute atomic E-state index is 0.0603. The van der Waals surface area contributed by atoms with Crippen molar-refractivity contribution >= 4 is 18.6 Å². The Bertz CT molecular complexity index is 125. The average Bonchev–Trinajstić information content (AvgIpc) is 2.03. The van der Waals surface area contributed by atoms with E-state index in [1.807, 2.05) is 0 Å². The summed E-state index contributed by atoms with van der Waals surface area (Å²) in [7, 11) is 0. The second kappa shape index (κ2) is 7.43. The number of hydrogen-bond acceptors (Lipinski definition) is 4. The molecule has 0 atom stereocenters. The molecule has 0 saturated carbocycles. The van der Waals surface area contributed by atoms with Gasteiger partial charge in [0.2, 0.25) is 0 Å². The predicted octanol–water partition coefficient (Wildman–Crippen LogP) is 1.13. The zero-order valence-electron chi connectivity index (χ0n) is 7.58. The molecule has 0 aromatic carbocycles.